The first kappa shape index (κ1) is 8.53. The van der Waals surface area contributed by atoms with Crippen LogP contribution in [-0.2, 0) is 9.53 Å². The summed E-state index contributed by atoms with van der Waals surface area (Å²) in [6.07, 6.45) is 1.09. The summed E-state index contributed by atoms with van der Waals surface area (Å²) in [5.41, 5.74) is 0. The zero-order valence-electron chi connectivity index (χ0n) is 7.09. The lowest BCUT2D eigenvalue weighted by molar-refractivity contribution is -0.146. The topological polar surface area (TPSA) is 38.3 Å². The van der Waals surface area contributed by atoms with Crippen LogP contribution in [0.5, 0.6) is 0 Å². The number of esters is 1. The average molecular weight is 157 g/mol. The maximum Gasteiger partial charge on any atom is 0.308 e. The predicted octanol–water partition coefficient (Wildman–Crippen LogP) is 0.405. The standard InChI is InChI=1S/C8H15NO2/c1-6(8(10)11-2)7-3-4-9-5-7/h6-7,9H,3-5H2,1-2H3/t6-,7-/m1/s1. The summed E-state index contributed by atoms with van der Waals surface area (Å²) in [6.45, 7) is 3.92. The summed E-state index contributed by atoms with van der Waals surface area (Å²) in [7, 11) is 1.45. The first-order chi connectivity index (χ1) is 5.25. The van der Waals surface area contributed by atoms with Gasteiger partial charge in [-0.05, 0) is 25.4 Å². The third-order valence-electron chi connectivity index (χ3n) is 2.38. The Morgan fingerprint density at radius 2 is 2.45 bits per heavy atom. The minimum atomic E-state index is -0.0845. The summed E-state index contributed by atoms with van der Waals surface area (Å²) in [4.78, 5) is 11.0. The van der Waals surface area contributed by atoms with Crippen molar-refractivity contribution in [3.8, 4) is 0 Å². The third-order valence-corrected chi connectivity index (χ3v) is 2.38. The fourth-order valence-electron chi connectivity index (χ4n) is 1.48. The van der Waals surface area contributed by atoms with Crippen molar-refractivity contribution in [1.29, 1.82) is 0 Å². The number of carbonyl (C=O) groups is 1. The van der Waals surface area contributed by atoms with Crippen LogP contribution in [0.3, 0.4) is 0 Å². The van der Waals surface area contributed by atoms with Crippen LogP contribution in [0.15, 0.2) is 0 Å². The van der Waals surface area contributed by atoms with Gasteiger partial charge in [0.2, 0.25) is 0 Å². The Labute approximate surface area is 67.1 Å². The molecule has 0 aromatic rings. The normalized spacial score (nSPS) is 26.5. The second kappa shape index (κ2) is 3.72. The molecule has 0 amide bonds. The first-order valence-electron chi connectivity index (χ1n) is 4.04. The van der Waals surface area contributed by atoms with Gasteiger partial charge in [0.25, 0.3) is 0 Å². The molecule has 3 nitrogen and oxygen atoms in total. The smallest absolute Gasteiger partial charge is 0.308 e. The second-order valence-electron chi connectivity index (χ2n) is 3.06. The van der Waals surface area contributed by atoms with Crippen LogP contribution in [0.2, 0.25) is 0 Å². The Hall–Kier alpha value is -0.570. The molecule has 1 aliphatic rings. The molecule has 0 aromatic carbocycles. The molecule has 64 valence electrons. The average Bonchev–Trinajstić information content (AvgIpc) is 2.53. The third kappa shape index (κ3) is 1.93. The Kier molecular flexibility index (Phi) is 2.88. The second-order valence-corrected chi connectivity index (χ2v) is 3.06. The number of carbonyl (C=O) groups excluding carboxylic acids is 1. The number of hydrogen-bond donors (Lipinski definition) is 1. The van der Waals surface area contributed by atoms with E-state index in [2.05, 4.69) is 10.1 Å². The Balaban J connectivity index is 2.39. The van der Waals surface area contributed by atoms with Crippen LogP contribution >= 0.6 is 0 Å². The van der Waals surface area contributed by atoms with Gasteiger partial charge in [0.1, 0.15) is 0 Å². The molecule has 1 fully saturated rings. The highest BCUT2D eigenvalue weighted by molar-refractivity contribution is 5.72. The van der Waals surface area contributed by atoms with E-state index >= 15 is 0 Å². The summed E-state index contributed by atoms with van der Waals surface area (Å²) >= 11 is 0. The van der Waals surface area contributed by atoms with Gasteiger partial charge in [0.15, 0.2) is 0 Å². The van der Waals surface area contributed by atoms with Crippen molar-refractivity contribution in [2.45, 2.75) is 13.3 Å². The summed E-state index contributed by atoms with van der Waals surface area (Å²) < 4.78 is 4.66. The van der Waals surface area contributed by atoms with Crippen LogP contribution in [-0.4, -0.2) is 26.2 Å². The molecule has 1 rings (SSSR count). The largest absolute Gasteiger partial charge is 0.469 e. The fraction of sp³-hybridized carbons (Fsp3) is 0.875. The number of rotatable bonds is 2. The Morgan fingerprint density at radius 1 is 1.73 bits per heavy atom. The van der Waals surface area contributed by atoms with E-state index in [1.54, 1.807) is 0 Å². The molecule has 1 saturated heterocycles. The SMILES string of the molecule is COC(=O)[C@H](C)[C@@H]1CCNC1. The fourth-order valence-corrected chi connectivity index (χ4v) is 1.48. The maximum absolute atomic E-state index is 11.0. The Morgan fingerprint density at radius 3 is 2.91 bits per heavy atom. The molecule has 2 atom stereocenters. The zero-order chi connectivity index (χ0) is 8.27. The number of methoxy groups -OCH3 is 1. The minimum Gasteiger partial charge on any atom is -0.469 e. The monoisotopic (exact) mass is 157 g/mol. The number of ether oxygens (including phenoxy) is 1. The van der Waals surface area contributed by atoms with Crippen molar-refractivity contribution in [1.82, 2.24) is 5.32 Å². The van der Waals surface area contributed by atoms with Gasteiger partial charge < -0.3 is 10.1 Å². The zero-order valence-corrected chi connectivity index (χ0v) is 7.09. The van der Waals surface area contributed by atoms with Crippen LogP contribution in [0, 0.1) is 11.8 Å². The molecule has 1 aliphatic heterocycles. The summed E-state index contributed by atoms with van der Waals surface area (Å²) in [5.74, 6) is 0.441. The summed E-state index contributed by atoms with van der Waals surface area (Å²) in [5, 5.41) is 3.22. The summed E-state index contributed by atoms with van der Waals surface area (Å²) in [6, 6.07) is 0. The molecule has 0 aliphatic carbocycles. The van der Waals surface area contributed by atoms with Crippen molar-refractivity contribution in [3.05, 3.63) is 0 Å². The van der Waals surface area contributed by atoms with Crippen LogP contribution in [0.25, 0.3) is 0 Å². The molecular formula is C8H15NO2. The highest BCUT2D eigenvalue weighted by Crippen LogP contribution is 2.19. The van der Waals surface area contributed by atoms with Gasteiger partial charge in [-0.2, -0.15) is 0 Å². The molecule has 1 heterocycles. The van der Waals surface area contributed by atoms with Crippen molar-refractivity contribution in [2.24, 2.45) is 11.8 Å². The van der Waals surface area contributed by atoms with Crippen molar-refractivity contribution in [2.75, 3.05) is 20.2 Å². The van der Waals surface area contributed by atoms with Crippen molar-refractivity contribution >= 4 is 5.97 Å². The van der Waals surface area contributed by atoms with Gasteiger partial charge in [0.05, 0.1) is 13.0 Å². The van der Waals surface area contributed by atoms with E-state index in [0.29, 0.717) is 5.92 Å². The number of hydrogen-bond acceptors (Lipinski definition) is 3. The van der Waals surface area contributed by atoms with Gasteiger partial charge in [-0.25, -0.2) is 0 Å². The molecule has 11 heavy (non-hydrogen) atoms. The molecule has 0 saturated carbocycles. The maximum atomic E-state index is 11.0. The highest BCUT2D eigenvalue weighted by atomic mass is 16.5. The predicted molar refractivity (Wildman–Crippen MR) is 42.2 cm³/mol. The first-order valence-corrected chi connectivity index (χ1v) is 4.04. The van der Waals surface area contributed by atoms with Crippen LogP contribution in [0.1, 0.15) is 13.3 Å². The molecule has 0 radical (unpaired) electrons. The lowest BCUT2D eigenvalue weighted by Gasteiger charge is -2.14. The van der Waals surface area contributed by atoms with Gasteiger partial charge >= 0.3 is 5.97 Å². The van der Waals surface area contributed by atoms with Gasteiger partial charge in [0, 0.05) is 0 Å². The van der Waals surface area contributed by atoms with E-state index in [0.717, 1.165) is 19.5 Å². The molecule has 3 heteroatoms. The van der Waals surface area contributed by atoms with Crippen LogP contribution in [0.4, 0.5) is 0 Å². The highest BCUT2D eigenvalue weighted by Gasteiger charge is 2.26. The Bertz CT molecular complexity index is 141. The van der Waals surface area contributed by atoms with E-state index in [1.165, 1.54) is 7.11 Å². The van der Waals surface area contributed by atoms with Gasteiger partial charge in [-0.15, -0.1) is 0 Å². The van der Waals surface area contributed by atoms with E-state index < -0.39 is 0 Å². The lowest BCUT2D eigenvalue weighted by atomic mass is 9.94. The number of nitrogens with one attached hydrogen (secondary N) is 1. The molecule has 0 unspecified atom stereocenters. The quantitative estimate of drug-likeness (QED) is 0.590. The van der Waals surface area contributed by atoms with Crippen molar-refractivity contribution < 1.29 is 9.53 Å². The molecule has 0 aromatic heterocycles. The molecule has 1 N–H and O–H groups in total. The molecule has 0 spiro atoms. The van der Waals surface area contributed by atoms with Gasteiger partial charge in [-0.3, -0.25) is 4.79 Å². The van der Waals surface area contributed by atoms with E-state index in [9.17, 15) is 4.79 Å². The van der Waals surface area contributed by atoms with Crippen molar-refractivity contribution in [3.63, 3.8) is 0 Å². The molecule has 0 bridgehead atoms. The van der Waals surface area contributed by atoms with E-state index in [4.69, 9.17) is 0 Å². The van der Waals surface area contributed by atoms with E-state index in [-0.39, 0.29) is 11.9 Å². The minimum absolute atomic E-state index is 0.0509. The lowest BCUT2D eigenvalue weighted by Crippen LogP contribution is -2.23. The van der Waals surface area contributed by atoms with Crippen LogP contribution < -0.4 is 5.32 Å². The van der Waals surface area contributed by atoms with Gasteiger partial charge in [-0.1, -0.05) is 6.92 Å². The molecular weight excluding hydrogens is 142 g/mol. The van der Waals surface area contributed by atoms with E-state index in [1.807, 2.05) is 6.92 Å².